The Labute approximate surface area is 120 Å². The van der Waals surface area contributed by atoms with E-state index in [4.69, 9.17) is 0 Å². The molecule has 0 nitrogen and oxygen atoms in total. The van der Waals surface area contributed by atoms with Gasteiger partial charge in [-0.3, -0.25) is 0 Å². The summed E-state index contributed by atoms with van der Waals surface area (Å²) in [5, 5.41) is 2.65. The van der Waals surface area contributed by atoms with Crippen molar-refractivity contribution in [3.8, 4) is 0 Å². The summed E-state index contributed by atoms with van der Waals surface area (Å²) < 4.78 is 0. The van der Waals surface area contributed by atoms with Crippen LogP contribution >= 0.6 is 23.5 Å². The minimum Gasteiger partial charge on any atom is -0.130 e. The van der Waals surface area contributed by atoms with Gasteiger partial charge in [0, 0.05) is 9.79 Å². The van der Waals surface area contributed by atoms with E-state index in [1.54, 1.807) is 0 Å². The molecule has 0 spiro atoms. The van der Waals surface area contributed by atoms with E-state index in [0.717, 1.165) is 0 Å². The summed E-state index contributed by atoms with van der Waals surface area (Å²) in [5.41, 5.74) is 0. The van der Waals surface area contributed by atoms with Gasteiger partial charge in [0.25, 0.3) is 0 Å². The minimum absolute atomic E-state index is 0.616. The highest BCUT2D eigenvalue weighted by molar-refractivity contribution is 8.02. The van der Waals surface area contributed by atoms with Crippen molar-refractivity contribution in [1.82, 2.24) is 0 Å². The van der Waals surface area contributed by atoms with E-state index in [9.17, 15) is 0 Å². The average molecular weight is 291 g/mol. The van der Waals surface area contributed by atoms with E-state index in [0.29, 0.717) is 0 Å². The van der Waals surface area contributed by atoms with Crippen molar-refractivity contribution >= 4 is 32.3 Å². The van der Waals surface area contributed by atoms with E-state index in [2.05, 4.69) is 67.2 Å². The summed E-state index contributed by atoms with van der Waals surface area (Å²) in [6.45, 7) is 2.46. The summed E-state index contributed by atoms with van der Waals surface area (Å²) in [6, 6.07) is 21.5. The summed E-state index contributed by atoms with van der Waals surface area (Å²) in [6.07, 6.45) is 0. The molecule has 0 saturated carbocycles. The fourth-order valence-electron chi connectivity index (χ4n) is 1.56. The molecule has 2 aromatic rings. The van der Waals surface area contributed by atoms with Gasteiger partial charge in [-0.1, -0.05) is 42.9 Å². The van der Waals surface area contributed by atoms with E-state index in [1.165, 1.54) is 20.5 Å². The van der Waals surface area contributed by atoms with Crippen LogP contribution < -0.4 is 0 Å². The van der Waals surface area contributed by atoms with Gasteiger partial charge < -0.3 is 0 Å². The Morgan fingerprint density at radius 2 is 1.11 bits per heavy atom. The molecule has 2 aromatic carbocycles. The van der Waals surface area contributed by atoms with Crippen molar-refractivity contribution in [3.05, 3.63) is 60.7 Å². The van der Waals surface area contributed by atoms with Crippen LogP contribution in [0.1, 0.15) is 0 Å². The lowest BCUT2D eigenvalue weighted by molar-refractivity contribution is 1.46. The van der Waals surface area contributed by atoms with Crippen molar-refractivity contribution in [1.29, 1.82) is 0 Å². The molecule has 0 aliphatic carbocycles. The third-order valence-electron chi connectivity index (χ3n) is 2.56. The van der Waals surface area contributed by atoms with Gasteiger partial charge in [-0.05, 0) is 35.0 Å². The van der Waals surface area contributed by atoms with Gasteiger partial charge in [-0.25, -0.2) is 0 Å². The molecular weight excluding hydrogens is 272 g/mol. The first-order chi connectivity index (χ1) is 8.84. The van der Waals surface area contributed by atoms with Crippen LogP contribution in [-0.4, -0.2) is 19.5 Å². The molecule has 2 rings (SSSR count). The Balaban J connectivity index is 1.71. The molecule has 0 radical (unpaired) electrons. The lowest BCUT2D eigenvalue weighted by atomic mass is 10.4. The van der Waals surface area contributed by atoms with Crippen LogP contribution in [0.4, 0.5) is 0 Å². The Bertz CT molecular complexity index is 401. The highest BCUT2D eigenvalue weighted by Crippen LogP contribution is 2.21. The van der Waals surface area contributed by atoms with E-state index >= 15 is 0 Å². The fourth-order valence-corrected chi connectivity index (χ4v) is 7.32. The molecule has 0 amide bonds. The maximum atomic E-state index is 2.46. The zero-order valence-electron chi connectivity index (χ0n) is 10.6. The first kappa shape index (κ1) is 13.8. The molecule has 0 aliphatic heterocycles. The third kappa shape index (κ3) is 4.92. The molecule has 3 heteroatoms. The van der Waals surface area contributed by atoms with Crippen LogP contribution in [0, 0.1) is 0 Å². The highest BCUT2D eigenvalue weighted by atomic mass is 32.2. The average Bonchev–Trinajstić information content (AvgIpc) is 2.45. The topological polar surface area (TPSA) is 0 Å². The Kier molecular flexibility index (Phi) is 5.91. The van der Waals surface area contributed by atoms with Crippen molar-refractivity contribution in [2.45, 2.75) is 16.3 Å². The molecule has 0 saturated heterocycles. The van der Waals surface area contributed by atoms with Crippen LogP contribution in [0.2, 0.25) is 6.55 Å². The van der Waals surface area contributed by atoms with Crippen LogP contribution in [0.5, 0.6) is 0 Å². The lowest BCUT2D eigenvalue weighted by Crippen LogP contribution is -2.15. The second-order valence-electron chi connectivity index (χ2n) is 4.35. The molecule has 0 heterocycles. The van der Waals surface area contributed by atoms with Gasteiger partial charge in [0.15, 0.2) is 0 Å². The van der Waals surface area contributed by atoms with Gasteiger partial charge in [-0.2, -0.15) is 0 Å². The number of hydrogen-bond donors (Lipinski definition) is 0. The number of rotatable bonds is 6. The Morgan fingerprint density at radius 1 is 0.722 bits per heavy atom. The molecule has 0 N–H and O–H groups in total. The smallest absolute Gasteiger partial charge is 0.0566 e. The quantitative estimate of drug-likeness (QED) is 0.567. The predicted molar refractivity (Wildman–Crippen MR) is 87.3 cm³/mol. The summed E-state index contributed by atoms with van der Waals surface area (Å²) in [4.78, 5) is 2.81. The molecule has 0 atom stereocenters. The number of thioether (sulfide) groups is 2. The Morgan fingerprint density at radius 3 is 1.50 bits per heavy atom. The summed E-state index contributed by atoms with van der Waals surface area (Å²) >= 11 is 4.02. The van der Waals surface area contributed by atoms with E-state index < -0.39 is 8.80 Å². The van der Waals surface area contributed by atoms with Gasteiger partial charge >= 0.3 is 0 Å². The van der Waals surface area contributed by atoms with Gasteiger partial charge in [-0.15, -0.1) is 23.5 Å². The Hall–Kier alpha value is -0.643. The van der Waals surface area contributed by atoms with Crippen molar-refractivity contribution in [2.24, 2.45) is 0 Å². The maximum absolute atomic E-state index is 2.46. The van der Waals surface area contributed by atoms with Crippen molar-refractivity contribution in [3.63, 3.8) is 0 Å². The second kappa shape index (κ2) is 7.72. The second-order valence-corrected chi connectivity index (χ2v) is 10.8. The molecule has 18 heavy (non-hydrogen) atoms. The summed E-state index contributed by atoms with van der Waals surface area (Å²) in [5.74, 6) is 0. The molecule has 0 fully saturated rings. The zero-order chi connectivity index (χ0) is 12.6. The number of hydrogen-bond acceptors (Lipinski definition) is 2. The van der Waals surface area contributed by atoms with E-state index in [-0.39, 0.29) is 0 Å². The standard InChI is InChI=1S/C15H18S2Si/c1-18(12-16-14-8-4-2-5-9-14)13-17-15-10-6-3-7-11-15/h2-11,18H,12-13H2,1H3. The fraction of sp³-hybridized carbons (Fsp3) is 0.200. The zero-order valence-corrected chi connectivity index (χ0v) is 13.4. The molecule has 0 aromatic heterocycles. The normalized spacial score (nSPS) is 10.8. The highest BCUT2D eigenvalue weighted by Gasteiger charge is 2.05. The first-order valence-corrected chi connectivity index (χ1v) is 11.0. The minimum atomic E-state index is -0.616. The molecule has 0 aliphatic rings. The third-order valence-corrected chi connectivity index (χ3v) is 9.65. The van der Waals surface area contributed by atoms with Gasteiger partial charge in [0.2, 0.25) is 0 Å². The van der Waals surface area contributed by atoms with Crippen LogP contribution in [0.3, 0.4) is 0 Å². The van der Waals surface area contributed by atoms with Gasteiger partial charge in [0.1, 0.15) is 0 Å². The summed E-state index contributed by atoms with van der Waals surface area (Å²) in [7, 11) is -0.616. The van der Waals surface area contributed by atoms with Crippen LogP contribution in [0.15, 0.2) is 70.5 Å². The molecular formula is C15H18S2Si. The predicted octanol–water partition coefficient (Wildman–Crippen LogP) is 4.51. The monoisotopic (exact) mass is 290 g/mol. The molecule has 0 bridgehead atoms. The largest absolute Gasteiger partial charge is 0.130 e. The van der Waals surface area contributed by atoms with Crippen LogP contribution in [0.25, 0.3) is 0 Å². The first-order valence-electron chi connectivity index (χ1n) is 6.20. The SMILES string of the molecule is C[SiH](CSc1ccccc1)CSc1ccccc1. The lowest BCUT2D eigenvalue weighted by Gasteiger charge is -2.09. The van der Waals surface area contributed by atoms with Crippen LogP contribution in [-0.2, 0) is 0 Å². The molecule has 94 valence electrons. The van der Waals surface area contributed by atoms with E-state index in [1.807, 2.05) is 23.5 Å². The van der Waals surface area contributed by atoms with Gasteiger partial charge in [0.05, 0.1) is 8.80 Å². The molecule has 0 unspecified atom stereocenters. The maximum Gasteiger partial charge on any atom is 0.0566 e. The number of benzene rings is 2. The van der Waals surface area contributed by atoms with Crippen molar-refractivity contribution in [2.75, 3.05) is 10.8 Å². The van der Waals surface area contributed by atoms with Crippen molar-refractivity contribution < 1.29 is 0 Å².